The Labute approximate surface area is 133 Å². The smallest absolute Gasteiger partial charge is 0.247 e. The van der Waals surface area contributed by atoms with Crippen molar-refractivity contribution in [2.75, 3.05) is 0 Å². The zero-order valence-electron chi connectivity index (χ0n) is 12.7. The molecule has 0 amide bonds. The van der Waals surface area contributed by atoms with Crippen LogP contribution < -0.4 is 0 Å². The first-order chi connectivity index (χ1) is 10.6. The highest BCUT2D eigenvalue weighted by molar-refractivity contribution is 7.98. The Kier molecular flexibility index (Phi) is 4.20. The van der Waals surface area contributed by atoms with Crippen LogP contribution >= 0.6 is 11.8 Å². The summed E-state index contributed by atoms with van der Waals surface area (Å²) >= 11 is 1.49. The van der Waals surface area contributed by atoms with Crippen LogP contribution in [-0.4, -0.2) is 20.2 Å². The molecule has 0 aliphatic heterocycles. The van der Waals surface area contributed by atoms with E-state index in [0.29, 0.717) is 17.5 Å². The molecule has 0 bridgehead atoms. The van der Waals surface area contributed by atoms with Crippen LogP contribution in [0.15, 0.2) is 39.9 Å². The van der Waals surface area contributed by atoms with Crippen LogP contribution in [0.5, 0.6) is 0 Å². The van der Waals surface area contributed by atoms with Gasteiger partial charge in [-0.1, -0.05) is 29.5 Å². The maximum atomic E-state index is 5.69. The maximum absolute atomic E-state index is 5.69. The van der Waals surface area contributed by atoms with Gasteiger partial charge in [-0.05, 0) is 39.0 Å². The maximum Gasteiger partial charge on any atom is 0.247 e. The second-order valence-electron chi connectivity index (χ2n) is 5.09. The third kappa shape index (κ3) is 3.51. The summed E-state index contributed by atoms with van der Waals surface area (Å²) in [7, 11) is 0. The molecule has 0 aliphatic rings. The molecule has 0 fully saturated rings. The molecule has 0 saturated carbocycles. The van der Waals surface area contributed by atoms with E-state index in [9.17, 15) is 0 Å². The van der Waals surface area contributed by atoms with E-state index in [1.54, 1.807) is 0 Å². The van der Waals surface area contributed by atoms with E-state index in [2.05, 4.69) is 20.2 Å². The summed E-state index contributed by atoms with van der Waals surface area (Å²) in [5.74, 6) is 1.67. The fourth-order valence-corrected chi connectivity index (χ4v) is 2.80. The van der Waals surface area contributed by atoms with Crippen molar-refractivity contribution in [1.82, 2.24) is 20.2 Å². The van der Waals surface area contributed by atoms with E-state index in [-0.39, 0.29) is 0 Å². The predicted molar refractivity (Wildman–Crippen MR) is 85.5 cm³/mol. The zero-order chi connectivity index (χ0) is 15.5. The highest BCUT2D eigenvalue weighted by Gasteiger charge is 2.10. The van der Waals surface area contributed by atoms with E-state index in [1.807, 2.05) is 51.1 Å². The summed E-state index contributed by atoms with van der Waals surface area (Å²) in [5.41, 5.74) is 4.05. The van der Waals surface area contributed by atoms with Crippen LogP contribution in [0.25, 0.3) is 11.5 Å². The van der Waals surface area contributed by atoms with Gasteiger partial charge in [0.1, 0.15) is 0 Å². The average Bonchev–Trinajstić information content (AvgIpc) is 2.94. The first-order valence-corrected chi connectivity index (χ1v) is 7.93. The Morgan fingerprint density at radius 1 is 0.955 bits per heavy atom. The molecule has 0 spiro atoms. The number of hydrogen-bond acceptors (Lipinski definition) is 6. The van der Waals surface area contributed by atoms with Crippen molar-refractivity contribution in [3.63, 3.8) is 0 Å². The third-order valence-electron chi connectivity index (χ3n) is 3.05. The van der Waals surface area contributed by atoms with Gasteiger partial charge in [0.15, 0.2) is 5.16 Å². The van der Waals surface area contributed by atoms with Gasteiger partial charge < -0.3 is 4.42 Å². The molecular formula is C16H16N4OS. The van der Waals surface area contributed by atoms with E-state index in [4.69, 9.17) is 4.42 Å². The largest absolute Gasteiger partial charge is 0.420 e. The summed E-state index contributed by atoms with van der Waals surface area (Å²) in [6.07, 6.45) is 0. The molecule has 1 aromatic carbocycles. The monoisotopic (exact) mass is 312 g/mol. The van der Waals surface area contributed by atoms with Crippen LogP contribution in [-0.2, 0) is 5.75 Å². The van der Waals surface area contributed by atoms with Crippen LogP contribution in [0.2, 0.25) is 0 Å². The van der Waals surface area contributed by atoms with Crippen molar-refractivity contribution in [2.24, 2.45) is 0 Å². The molecule has 0 aliphatic carbocycles. The van der Waals surface area contributed by atoms with Crippen molar-refractivity contribution in [3.8, 4) is 11.5 Å². The minimum absolute atomic E-state index is 0.539. The van der Waals surface area contributed by atoms with Gasteiger partial charge in [0.2, 0.25) is 11.8 Å². The number of aromatic nitrogens is 4. The van der Waals surface area contributed by atoms with Crippen molar-refractivity contribution in [2.45, 2.75) is 31.7 Å². The Balaban J connectivity index is 1.70. The number of rotatable bonds is 4. The molecule has 0 N–H and O–H groups in total. The SMILES string of the molecule is Cc1ccc(-c2nnc(CSc3nc(C)cc(C)n3)o2)cc1. The van der Waals surface area contributed by atoms with E-state index < -0.39 is 0 Å². The van der Waals surface area contributed by atoms with Gasteiger partial charge in [-0.25, -0.2) is 9.97 Å². The fraction of sp³-hybridized carbons (Fsp3) is 0.250. The molecule has 0 unspecified atom stereocenters. The van der Waals surface area contributed by atoms with E-state index in [0.717, 1.165) is 22.1 Å². The molecule has 0 saturated heterocycles. The van der Waals surface area contributed by atoms with Crippen molar-refractivity contribution in [1.29, 1.82) is 0 Å². The minimum Gasteiger partial charge on any atom is -0.420 e. The van der Waals surface area contributed by atoms with Crippen molar-refractivity contribution in [3.05, 3.63) is 53.2 Å². The number of thioether (sulfide) groups is 1. The highest BCUT2D eigenvalue weighted by atomic mass is 32.2. The van der Waals surface area contributed by atoms with Crippen molar-refractivity contribution >= 4 is 11.8 Å². The third-order valence-corrected chi connectivity index (χ3v) is 3.88. The summed E-state index contributed by atoms with van der Waals surface area (Å²) in [6, 6.07) is 9.96. The van der Waals surface area contributed by atoms with E-state index >= 15 is 0 Å². The summed E-state index contributed by atoms with van der Waals surface area (Å²) in [4.78, 5) is 8.77. The first-order valence-electron chi connectivity index (χ1n) is 6.94. The average molecular weight is 312 g/mol. The molecule has 2 aromatic heterocycles. The molecule has 3 rings (SSSR count). The molecule has 3 aromatic rings. The summed E-state index contributed by atoms with van der Waals surface area (Å²) < 4.78 is 5.69. The lowest BCUT2D eigenvalue weighted by molar-refractivity contribution is 0.528. The van der Waals surface area contributed by atoms with Gasteiger partial charge in [0.25, 0.3) is 0 Å². The zero-order valence-corrected chi connectivity index (χ0v) is 13.5. The standard InChI is InChI=1S/C16H16N4OS/c1-10-4-6-13(7-5-10)15-20-19-14(21-15)9-22-16-17-11(2)8-12(3)18-16/h4-8H,9H2,1-3H3. The topological polar surface area (TPSA) is 64.7 Å². The molecule has 5 nitrogen and oxygen atoms in total. The summed E-state index contributed by atoms with van der Waals surface area (Å²) in [5, 5.41) is 8.90. The fourth-order valence-electron chi connectivity index (χ4n) is 2.01. The molecule has 0 radical (unpaired) electrons. The van der Waals surface area contributed by atoms with Gasteiger partial charge in [0.05, 0.1) is 5.75 Å². The van der Waals surface area contributed by atoms with Crippen LogP contribution in [0.3, 0.4) is 0 Å². The lowest BCUT2D eigenvalue weighted by Gasteiger charge is -2.00. The second kappa shape index (κ2) is 6.27. The Bertz CT molecular complexity index is 763. The first kappa shape index (κ1) is 14.7. The second-order valence-corrected chi connectivity index (χ2v) is 6.03. The van der Waals surface area contributed by atoms with Gasteiger partial charge in [-0.3, -0.25) is 0 Å². The lowest BCUT2D eigenvalue weighted by atomic mass is 10.1. The number of benzene rings is 1. The van der Waals surface area contributed by atoms with Crippen molar-refractivity contribution < 1.29 is 4.42 Å². The normalized spacial score (nSPS) is 10.9. The quantitative estimate of drug-likeness (QED) is 0.540. The number of aryl methyl sites for hydroxylation is 3. The molecule has 22 heavy (non-hydrogen) atoms. The Hall–Kier alpha value is -2.21. The molecule has 2 heterocycles. The highest BCUT2D eigenvalue weighted by Crippen LogP contribution is 2.23. The molecular weight excluding hydrogens is 296 g/mol. The summed E-state index contributed by atoms with van der Waals surface area (Å²) in [6.45, 7) is 5.96. The van der Waals surface area contributed by atoms with Gasteiger partial charge in [0, 0.05) is 17.0 Å². The Morgan fingerprint density at radius 3 is 2.32 bits per heavy atom. The number of hydrogen-bond donors (Lipinski definition) is 0. The number of nitrogens with zero attached hydrogens (tertiary/aromatic N) is 4. The minimum atomic E-state index is 0.539. The Morgan fingerprint density at radius 2 is 1.64 bits per heavy atom. The molecule has 0 atom stereocenters. The molecule has 6 heteroatoms. The van der Waals surface area contributed by atoms with Crippen LogP contribution in [0, 0.1) is 20.8 Å². The van der Waals surface area contributed by atoms with Crippen LogP contribution in [0.4, 0.5) is 0 Å². The van der Waals surface area contributed by atoms with E-state index in [1.165, 1.54) is 17.3 Å². The predicted octanol–water partition coefficient (Wildman–Crippen LogP) is 3.74. The van der Waals surface area contributed by atoms with Gasteiger partial charge in [-0.15, -0.1) is 10.2 Å². The van der Waals surface area contributed by atoms with Gasteiger partial charge >= 0.3 is 0 Å². The molecule has 112 valence electrons. The van der Waals surface area contributed by atoms with Crippen LogP contribution in [0.1, 0.15) is 22.8 Å². The van der Waals surface area contributed by atoms with Gasteiger partial charge in [-0.2, -0.15) is 0 Å². The lowest BCUT2D eigenvalue weighted by Crippen LogP contribution is -1.93.